The molecule has 0 saturated carbocycles. The highest BCUT2D eigenvalue weighted by Gasteiger charge is 2.31. The molecule has 0 spiro atoms. The molecule has 8 nitrogen and oxygen atoms in total. The average Bonchev–Trinajstić information content (AvgIpc) is 3.22. The van der Waals surface area contributed by atoms with Gasteiger partial charge in [0.15, 0.2) is 5.69 Å². The highest BCUT2D eigenvalue weighted by molar-refractivity contribution is 5.92. The SMILES string of the molecule is Cc1cc(C(=O)N2Cc3ccnn3CCC2CN2CCOCC2)no1. The Balaban J connectivity index is 1.58. The second-order valence-corrected chi connectivity index (χ2v) is 6.66. The van der Waals surface area contributed by atoms with Crippen molar-refractivity contribution >= 4 is 5.91 Å². The average molecular weight is 345 g/mol. The standard InChI is InChI=1S/C17H23N5O3/c1-13-10-16(19-25-13)17(23)21-12-15-2-4-18-22(15)5-3-14(21)11-20-6-8-24-9-7-20/h2,4,10,14H,3,5-9,11-12H2,1H3. The largest absolute Gasteiger partial charge is 0.379 e. The van der Waals surface area contributed by atoms with Gasteiger partial charge in [-0.15, -0.1) is 0 Å². The molecule has 1 fully saturated rings. The number of ether oxygens (including phenoxy) is 1. The zero-order chi connectivity index (χ0) is 17.2. The van der Waals surface area contributed by atoms with E-state index < -0.39 is 0 Å². The molecular weight excluding hydrogens is 322 g/mol. The van der Waals surface area contributed by atoms with E-state index in [-0.39, 0.29) is 11.9 Å². The molecule has 2 aliphatic heterocycles. The Bertz CT molecular complexity index is 734. The Morgan fingerprint density at radius 2 is 2.16 bits per heavy atom. The summed E-state index contributed by atoms with van der Waals surface area (Å²) in [5.41, 5.74) is 1.43. The zero-order valence-corrected chi connectivity index (χ0v) is 14.4. The van der Waals surface area contributed by atoms with E-state index in [1.165, 1.54) is 0 Å². The van der Waals surface area contributed by atoms with Crippen molar-refractivity contribution in [2.75, 3.05) is 32.8 Å². The first kappa shape index (κ1) is 16.3. The topological polar surface area (TPSA) is 76.6 Å². The lowest BCUT2D eigenvalue weighted by Crippen LogP contribution is -2.49. The summed E-state index contributed by atoms with van der Waals surface area (Å²) in [6.45, 7) is 7.33. The van der Waals surface area contributed by atoms with Gasteiger partial charge in [0.2, 0.25) is 0 Å². The fourth-order valence-electron chi connectivity index (χ4n) is 3.55. The summed E-state index contributed by atoms with van der Waals surface area (Å²) in [7, 11) is 0. The van der Waals surface area contributed by atoms with Crippen molar-refractivity contribution in [3.05, 3.63) is 35.5 Å². The van der Waals surface area contributed by atoms with E-state index in [0.717, 1.165) is 51.5 Å². The quantitative estimate of drug-likeness (QED) is 0.824. The van der Waals surface area contributed by atoms with Gasteiger partial charge in [0.05, 0.1) is 25.5 Å². The molecule has 0 aromatic carbocycles. The van der Waals surface area contributed by atoms with E-state index in [0.29, 0.717) is 18.0 Å². The number of carbonyl (C=O) groups is 1. The summed E-state index contributed by atoms with van der Waals surface area (Å²) in [5.74, 6) is 0.567. The third-order valence-corrected chi connectivity index (χ3v) is 4.93. The minimum absolute atomic E-state index is 0.0789. The molecule has 4 heterocycles. The summed E-state index contributed by atoms with van der Waals surface area (Å²) >= 11 is 0. The molecule has 1 saturated heterocycles. The number of hydrogen-bond acceptors (Lipinski definition) is 6. The van der Waals surface area contributed by atoms with Crippen LogP contribution >= 0.6 is 0 Å². The van der Waals surface area contributed by atoms with E-state index in [1.807, 2.05) is 15.6 Å². The van der Waals surface area contributed by atoms with Crippen molar-refractivity contribution in [2.24, 2.45) is 0 Å². The van der Waals surface area contributed by atoms with Gasteiger partial charge in [-0.1, -0.05) is 5.16 Å². The van der Waals surface area contributed by atoms with Crippen LogP contribution in [-0.4, -0.2) is 69.5 Å². The molecular formula is C17H23N5O3. The van der Waals surface area contributed by atoms with Crippen LogP contribution in [0.3, 0.4) is 0 Å². The molecule has 0 aliphatic carbocycles. The van der Waals surface area contributed by atoms with Crippen LogP contribution in [0.5, 0.6) is 0 Å². The van der Waals surface area contributed by atoms with Crippen molar-refractivity contribution in [1.29, 1.82) is 0 Å². The smallest absolute Gasteiger partial charge is 0.276 e. The summed E-state index contributed by atoms with van der Waals surface area (Å²) in [4.78, 5) is 17.4. The Labute approximate surface area is 146 Å². The Morgan fingerprint density at radius 3 is 2.92 bits per heavy atom. The first-order chi connectivity index (χ1) is 12.2. The third-order valence-electron chi connectivity index (χ3n) is 4.93. The summed E-state index contributed by atoms with van der Waals surface area (Å²) in [6.07, 6.45) is 2.66. The van der Waals surface area contributed by atoms with Gasteiger partial charge in [-0.05, 0) is 19.4 Å². The fraction of sp³-hybridized carbons (Fsp3) is 0.588. The number of amides is 1. The van der Waals surface area contributed by atoms with Gasteiger partial charge >= 0.3 is 0 Å². The van der Waals surface area contributed by atoms with E-state index in [1.54, 1.807) is 19.2 Å². The number of fused-ring (bicyclic) bond motifs is 1. The molecule has 0 N–H and O–H groups in total. The summed E-state index contributed by atoms with van der Waals surface area (Å²) in [6, 6.07) is 3.80. The maximum atomic E-state index is 13.1. The Morgan fingerprint density at radius 1 is 1.32 bits per heavy atom. The summed E-state index contributed by atoms with van der Waals surface area (Å²) in [5, 5.41) is 8.30. The van der Waals surface area contributed by atoms with Crippen molar-refractivity contribution in [3.8, 4) is 0 Å². The fourth-order valence-corrected chi connectivity index (χ4v) is 3.55. The van der Waals surface area contributed by atoms with E-state index in [9.17, 15) is 4.79 Å². The van der Waals surface area contributed by atoms with Crippen molar-refractivity contribution in [1.82, 2.24) is 24.7 Å². The molecule has 2 aliphatic rings. The van der Waals surface area contributed by atoms with Gasteiger partial charge < -0.3 is 14.2 Å². The molecule has 25 heavy (non-hydrogen) atoms. The number of morpholine rings is 1. The first-order valence-corrected chi connectivity index (χ1v) is 8.76. The van der Waals surface area contributed by atoms with Crippen LogP contribution in [0.2, 0.25) is 0 Å². The van der Waals surface area contributed by atoms with Crippen LogP contribution in [0.1, 0.15) is 28.4 Å². The number of aryl methyl sites for hydroxylation is 2. The predicted molar refractivity (Wildman–Crippen MR) is 89.0 cm³/mol. The first-order valence-electron chi connectivity index (χ1n) is 8.76. The van der Waals surface area contributed by atoms with E-state index in [4.69, 9.17) is 9.26 Å². The zero-order valence-electron chi connectivity index (χ0n) is 14.4. The monoisotopic (exact) mass is 345 g/mol. The van der Waals surface area contributed by atoms with Gasteiger partial charge in [-0.3, -0.25) is 14.4 Å². The maximum absolute atomic E-state index is 13.1. The van der Waals surface area contributed by atoms with Crippen LogP contribution in [0.4, 0.5) is 0 Å². The van der Waals surface area contributed by atoms with Gasteiger partial charge in [0.1, 0.15) is 5.76 Å². The number of nitrogens with zero attached hydrogens (tertiary/aromatic N) is 5. The molecule has 0 bridgehead atoms. The minimum atomic E-state index is -0.0789. The Hall–Kier alpha value is -2.19. The number of hydrogen-bond donors (Lipinski definition) is 0. The number of carbonyl (C=O) groups excluding carboxylic acids is 1. The molecule has 4 rings (SSSR count). The molecule has 1 atom stereocenters. The number of rotatable bonds is 3. The maximum Gasteiger partial charge on any atom is 0.276 e. The number of aromatic nitrogens is 3. The van der Waals surface area contributed by atoms with Crippen LogP contribution in [0.15, 0.2) is 22.9 Å². The summed E-state index contributed by atoms with van der Waals surface area (Å²) < 4.78 is 12.5. The minimum Gasteiger partial charge on any atom is -0.379 e. The van der Waals surface area contributed by atoms with Crippen molar-refractivity contribution < 1.29 is 14.1 Å². The Kier molecular flexibility index (Phi) is 4.54. The molecule has 0 radical (unpaired) electrons. The normalized spacial score (nSPS) is 21.8. The van der Waals surface area contributed by atoms with Gasteiger partial charge in [-0.2, -0.15) is 5.10 Å². The van der Waals surface area contributed by atoms with Gasteiger partial charge in [-0.25, -0.2) is 0 Å². The second kappa shape index (κ2) is 6.97. The van der Waals surface area contributed by atoms with Gasteiger partial charge in [0, 0.05) is 44.5 Å². The molecule has 1 unspecified atom stereocenters. The highest BCUT2D eigenvalue weighted by Crippen LogP contribution is 2.21. The predicted octanol–water partition coefficient (Wildman–Crippen LogP) is 0.926. The van der Waals surface area contributed by atoms with Crippen molar-refractivity contribution in [3.63, 3.8) is 0 Å². The third kappa shape index (κ3) is 3.45. The van der Waals surface area contributed by atoms with Crippen LogP contribution in [0, 0.1) is 6.92 Å². The van der Waals surface area contributed by atoms with Gasteiger partial charge in [0.25, 0.3) is 5.91 Å². The van der Waals surface area contributed by atoms with Crippen LogP contribution < -0.4 is 0 Å². The lowest BCUT2D eigenvalue weighted by atomic mass is 10.1. The lowest BCUT2D eigenvalue weighted by molar-refractivity contribution is 0.0200. The second-order valence-electron chi connectivity index (χ2n) is 6.66. The van der Waals surface area contributed by atoms with E-state index in [2.05, 4.69) is 15.2 Å². The molecule has 8 heteroatoms. The van der Waals surface area contributed by atoms with Crippen LogP contribution in [0.25, 0.3) is 0 Å². The van der Waals surface area contributed by atoms with Crippen molar-refractivity contribution in [2.45, 2.75) is 32.5 Å². The molecule has 2 aromatic heterocycles. The molecule has 134 valence electrons. The highest BCUT2D eigenvalue weighted by atomic mass is 16.5. The lowest BCUT2D eigenvalue weighted by Gasteiger charge is -2.35. The molecule has 2 aromatic rings. The molecule has 1 amide bonds. The van der Waals surface area contributed by atoms with Crippen LogP contribution in [-0.2, 0) is 17.8 Å². The van der Waals surface area contributed by atoms with E-state index >= 15 is 0 Å².